The maximum Gasteiger partial charge on any atom is 0.408 e. The van der Waals surface area contributed by atoms with Crippen LogP contribution in [-0.4, -0.2) is 45.2 Å². The van der Waals surface area contributed by atoms with E-state index in [4.69, 9.17) is 26.8 Å². The second-order valence-electron chi connectivity index (χ2n) is 10.3. The maximum absolute atomic E-state index is 13.6. The minimum absolute atomic E-state index is 0.135. The first-order valence-corrected chi connectivity index (χ1v) is 11.4. The van der Waals surface area contributed by atoms with Gasteiger partial charge in [0.2, 0.25) is 0 Å². The zero-order valence-corrected chi connectivity index (χ0v) is 20.6. The third kappa shape index (κ3) is 6.73. The Bertz CT molecular complexity index is 1030. The summed E-state index contributed by atoms with van der Waals surface area (Å²) in [6, 6.07) is -0.00740. The van der Waals surface area contributed by atoms with Crippen molar-refractivity contribution < 1.29 is 27.4 Å². The van der Waals surface area contributed by atoms with Crippen LogP contribution in [-0.2, 0) is 9.47 Å². The van der Waals surface area contributed by atoms with Crippen LogP contribution in [0.1, 0.15) is 77.2 Å². The molecule has 8 nitrogen and oxygen atoms in total. The van der Waals surface area contributed by atoms with E-state index >= 15 is 0 Å². The van der Waals surface area contributed by atoms with E-state index in [1.165, 1.54) is 10.7 Å². The van der Waals surface area contributed by atoms with Crippen LogP contribution < -0.4 is 11.1 Å². The summed E-state index contributed by atoms with van der Waals surface area (Å²) in [5.41, 5.74) is 4.30. The first kappa shape index (κ1) is 26.5. The number of fused-ring (bicyclic) bond motifs is 1. The van der Waals surface area contributed by atoms with E-state index in [0.717, 1.165) is 26.7 Å². The van der Waals surface area contributed by atoms with E-state index in [-0.39, 0.29) is 23.6 Å². The number of alkyl carbamates (subject to hydrolysis) is 1. The molecule has 0 spiro atoms. The third-order valence-corrected chi connectivity index (χ3v) is 5.71. The van der Waals surface area contributed by atoms with Crippen molar-refractivity contribution in [1.82, 2.24) is 19.9 Å². The molecule has 0 aromatic carbocycles. The quantitative estimate of drug-likeness (QED) is 0.517. The Kier molecular flexibility index (Phi) is 7.40. The molecule has 2 atom stereocenters. The second-order valence-corrected chi connectivity index (χ2v) is 10.6. The molecule has 1 aliphatic carbocycles. The van der Waals surface area contributed by atoms with Crippen molar-refractivity contribution in [3.05, 3.63) is 28.7 Å². The van der Waals surface area contributed by atoms with Gasteiger partial charge in [-0.2, -0.15) is 18.3 Å². The average Bonchev–Trinajstić information content (AvgIpc) is 3.40. The first-order valence-electron chi connectivity index (χ1n) is 11.0. The van der Waals surface area contributed by atoms with E-state index < -0.39 is 41.8 Å². The summed E-state index contributed by atoms with van der Waals surface area (Å²) in [5.74, 6) is 0. The SMILES string of the molecule is CC(C)(C)OC(=O)N[C@@H](CC(C)(C)C(F)(F)F)c1cn2nc(Cl)c([C@H](N)COC3CC3)cc2n1. The van der Waals surface area contributed by atoms with Gasteiger partial charge in [0.15, 0.2) is 10.8 Å². The minimum Gasteiger partial charge on any atom is -0.444 e. The summed E-state index contributed by atoms with van der Waals surface area (Å²) in [6.45, 7) is 7.39. The number of carbonyl (C=O) groups excluding carboxylic acids is 1. The van der Waals surface area contributed by atoms with Crippen LogP contribution in [0.25, 0.3) is 5.65 Å². The standard InChI is InChI=1S/C22H31ClF3N5O3/c1-20(2,3)34-19(32)29-15(9-21(4,5)22(24,25)26)16-10-31-17(28-16)8-13(18(23)30-31)14(27)11-33-12-6-7-12/h8,10,12,14-15H,6-7,9,11,27H2,1-5H3,(H,29,32)/t14-,15+/m1/s1. The molecule has 3 rings (SSSR count). The highest BCUT2D eigenvalue weighted by atomic mass is 35.5. The topological polar surface area (TPSA) is 104 Å². The van der Waals surface area contributed by atoms with E-state index in [1.54, 1.807) is 26.8 Å². The predicted octanol–water partition coefficient (Wildman–Crippen LogP) is 5.11. The lowest BCUT2D eigenvalue weighted by molar-refractivity contribution is -0.215. The van der Waals surface area contributed by atoms with Crippen LogP contribution in [0.3, 0.4) is 0 Å². The minimum atomic E-state index is -4.50. The number of nitrogens with zero attached hydrogens (tertiary/aromatic N) is 3. The number of aromatic nitrogens is 3. The summed E-state index contributed by atoms with van der Waals surface area (Å²) in [6.07, 6.45) is -2.15. The van der Waals surface area contributed by atoms with Crippen LogP contribution in [0.5, 0.6) is 0 Å². The van der Waals surface area contributed by atoms with Gasteiger partial charge < -0.3 is 20.5 Å². The number of carbonyl (C=O) groups is 1. The van der Waals surface area contributed by atoms with Crippen molar-refractivity contribution in [1.29, 1.82) is 0 Å². The summed E-state index contributed by atoms with van der Waals surface area (Å²) in [7, 11) is 0. The van der Waals surface area contributed by atoms with Crippen LogP contribution >= 0.6 is 11.6 Å². The van der Waals surface area contributed by atoms with Crippen LogP contribution in [0.4, 0.5) is 18.0 Å². The summed E-state index contributed by atoms with van der Waals surface area (Å²) in [5, 5.41) is 6.91. The van der Waals surface area contributed by atoms with Gasteiger partial charge in [0.05, 0.1) is 42.1 Å². The first-order chi connectivity index (χ1) is 15.6. The molecule has 2 aromatic rings. The number of hydrogen-bond acceptors (Lipinski definition) is 6. The highest BCUT2D eigenvalue weighted by Gasteiger charge is 2.49. The molecule has 1 aliphatic rings. The Balaban J connectivity index is 1.90. The van der Waals surface area contributed by atoms with Gasteiger partial charge in [0.1, 0.15) is 5.60 Å². The lowest BCUT2D eigenvalue weighted by Gasteiger charge is -2.32. The number of nitrogens with two attached hydrogens (primary N) is 1. The van der Waals surface area contributed by atoms with E-state index in [0.29, 0.717) is 11.2 Å². The smallest absolute Gasteiger partial charge is 0.408 e. The number of ether oxygens (including phenoxy) is 2. The number of imidazole rings is 1. The lowest BCUT2D eigenvalue weighted by atomic mass is 9.84. The number of rotatable bonds is 8. The molecule has 1 fully saturated rings. The van der Waals surface area contributed by atoms with E-state index in [1.807, 2.05) is 0 Å². The van der Waals surface area contributed by atoms with Gasteiger partial charge >= 0.3 is 12.3 Å². The largest absolute Gasteiger partial charge is 0.444 e. The molecule has 1 saturated carbocycles. The molecule has 3 N–H and O–H groups in total. The highest BCUT2D eigenvalue weighted by molar-refractivity contribution is 6.30. The van der Waals surface area contributed by atoms with Crippen molar-refractivity contribution in [2.75, 3.05) is 6.61 Å². The molecule has 0 radical (unpaired) electrons. The maximum atomic E-state index is 13.6. The molecule has 190 valence electrons. The van der Waals surface area contributed by atoms with Crippen molar-refractivity contribution in [3.8, 4) is 0 Å². The molecule has 2 heterocycles. The van der Waals surface area contributed by atoms with Crippen molar-refractivity contribution in [2.45, 2.75) is 83.8 Å². The molecular weight excluding hydrogens is 475 g/mol. The summed E-state index contributed by atoms with van der Waals surface area (Å²) in [4.78, 5) is 16.8. The van der Waals surface area contributed by atoms with Gasteiger partial charge in [-0.1, -0.05) is 25.4 Å². The van der Waals surface area contributed by atoms with Crippen LogP contribution in [0.15, 0.2) is 12.3 Å². The number of amides is 1. The lowest BCUT2D eigenvalue weighted by Crippen LogP contribution is -2.40. The van der Waals surface area contributed by atoms with Gasteiger partial charge in [-0.05, 0) is 46.1 Å². The zero-order valence-electron chi connectivity index (χ0n) is 19.9. The van der Waals surface area contributed by atoms with Crippen molar-refractivity contribution in [3.63, 3.8) is 0 Å². The highest BCUT2D eigenvalue weighted by Crippen LogP contribution is 2.43. The Morgan fingerprint density at radius 3 is 2.50 bits per heavy atom. The van der Waals surface area contributed by atoms with Gasteiger partial charge in [0.25, 0.3) is 0 Å². The second kappa shape index (κ2) is 9.50. The number of alkyl halides is 3. The zero-order chi connectivity index (χ0) is 25.5. The van der Waals surface area contributed by atoms with Crippen LogP contribution in [0.2, 0.25) is 5.15 Å². The fourth-order valence-corrected chi connectivity index (χ4v) is 3.51. The van der Waals surface area contributed by atoms with Gasteiger partial charge in [-0.15, -0.1) is 0 Å². The van der Waals surface area contributed by atoms with Crippen LogP contribution in [0, 0.1) is 5.41 Å². The fourth-order valence-electron chi connectivity index (χ4n) is 3.23. The Morgan fingerprint density at radius 1 is 1.29 bits per heavy atom. The Hall–Kier alpha value is -2.11. The van der Waals surface area contributed by atoms with Gasteiger partial charge in [-0.25, -0.2) is 14.3 Å². The average molecular weight is 506 g/mol. The number of nitrogens with one attached hydrogen (secondary N) is 1. The monoisotopic (exact) mass is 505 g/mol. The van der Waals surface area contributed by atoms with Crippen molar-refractivity contribution >= 4 is 23.3 Å². The predicted molar refractivity (Wildman–Crippen MR) is 120 cm³/mol. The number of halogens is 4. The Morgan fingerprint density at radius 2 is 1.94 bits per heavy atom. The fraction of sp³-hybridized carbons (Fsp3) is 0.682. The third-order valence-electron chi connectivity index (χ3n) is 5.42. The molecule has 34 heavy (non-hydrogen) atoms. The molecule has 0 unspecified atom stereocenters. The molecule has 2 aromatic heterocycles. The van der Waals surface area contributed by atoms with E-state index in [9.17, 15) is 18.0 Å². The normalized spacial score (nSPS) is 17.0. The summed E-state index contributed by atoms with van der Waals surface area (Å²) >= 11 is 6.31. The number of hydrogen-bond donors (Lipinski definition) is 2. The molecule has 0 saturated heterocycles. The molecular formula is C22H31ClF3N5O3. The Labute approximate surface area is 201 Å². The molecule has 0 aliphatic heterocycles. The van der Waals surface area contributed by atoms with Gasteiger partial charge in [0, 0.05) is 5.56 Å². The van der Waals surface area contributed by atoms with Crippen molar-refractivity contribution in [2.24, 2.45) is 11.1 Å². The molecule has 12 heteroatoms. The van der Waals surface area contributed by atoms with E-state index in [2.05, 4.69) is 15.4 Å². The van der Waals surface area contributed by atoms with Gasteiger partial charge in [-0.3, -0.25) is 0 Å². The summed E-state index contributed by atoms with van der Waals surface area (Å²) < 4.78 is 53.1. The molecule has 1 amide bonds. The molecule has 0 bridgehead atoms.